The Balaban J connectivity index is 1.94. The molecule has 0 fully saturated rings. The molecular formula is C14H12Cl2N2O4. The van der Waals surface area contributed by atoms with Crippen LogP contribution in [0.2, 0.25) is 10.0 Å². The van der Waals surface area contributed by atoms with E-state index in [9.17, 15) is 9.59 Å². The van der Waals surface area contributed by atoms with Gasteiger partial charge in [0.05, 0.1) is 5.69 Å². The molecule has 0 aliphatic carbocycles. The van der Waals surface area contributed by atoms with Gasteiger partial charge in [0, 0.05) is 15.7 Å². The average Bonchev–Trinajstić information content (AvgIpc) is 2.74. The Bertz CT molecular complexity index is 688. The second-order valence-corrected chi connectivity index (χ2v) is 5.35. The molecular weight excluding hydrogens is 331 g/mol. The fourth-order valence-corrected chi connectivity index (χ4v) is 2.33. The summed E-state index contributed by atoms with van der Waals surface area (Å²) >= 11 is 11.7. The SMILES string of the molecule is Cc1noc(C)c1C(=O)OCC(=O)Nc1cc(Cl)cc(Cl)c1. The van der Waals surface area contributed by atoms with Gasteiger partial charge in [0.1, 0.15) is 11.3 Å². The van der Waals surface area contributed by atoms with E-state index < -0.39 is 18.5 Å². The van der Waals surface area contributed by atoms with Crippen LogP contribution in [0.5, 0.6) is 0 Å². The summed E-state index contributed by atoms with van der Waals surface area (Å²) in [6.45, 7) is 2.75. The van der Waals surface area contributed by atoms with Gasteiger partial charge in [-0.25, -0.2) is 4.79 Å². The summed E-state index contributed by atoms with van der Waals surface area (Å²) in [6, 6.07) is 4.60. The number of rotatable bonds is 4. The third kappa shape index (κ3) is 3.99. The molecule has 6 nitrogen and oxygen atoms in total. The van der Waals surface area contributed by atoms with E-state index in [4.69, 9.17) is 32.5 Å². The number of halogens is 2. The van der Waals surface area contributed by atoms with Gasteiger partial charge < -0.3 is 14.6 Å². The molecule has 0 saturated heterocycles. The van der Waals surface area contributed by atoms with Crippen LogP contribution in [0.4, 0.5) is 5.69 Å². The highest BCUT2D eigenvalue weighted by Crippen LogP contribution is 2.22. The number of nitrogens with one attached hydrogen (secondary N) is 1. The highest BCUT2D eigenvalue weighted by Gasteiger charge is 2.19. The molecule has 22 heavy (non-hydrogen) atoms. The molecule has 2 rings (SSSR count). The minimum Gasteiger partial charge on any atom is -0.452 e. The van der Waals surface area contributed by atoms with Crippen LogP contribution >= 0.6 is 23.2 Å². The molecule has 0 spiro atoms. The van der Waals surface area contributed by atoms with Gasteiger partial charge in [-0.05, 0) is 32.0 Å². The van der Waals surface area contributed by atoms with E-state index in [1.165, 1.54) is 18.2 Å². The Kier molecular flexibility index (Phi) is 5.05. The zero-order chi connectivity index (χ0) is 16.3. The zero-order valence-electron chi connectivity index (χ0n) is 11.8. The summed E-state index contributed by atoms with van der Waals surface area (Å²) in [5.74, 6) is -0.849. The van der Waals surface area contributed by atoms with Crippen molar-refractivity contribution >= 4 is 40.8 Å². The number of hydrogen-bond donors (Lipinski definition) is 1. The number of carbonyl (C=O) groups excluding carboxylic acids is 2. The third-order valence-electron chi connectivity index (χ3n) is 2.72. The number of aryl methyl sites for hydroxylation is 2. The predicted molar refractivity (Wildman–Crippen MR) is 81.4 cm³/mol. The highest BCUT2D eigenvalue weighted by atomic mass is 35.5. The standard InChI is InChI=1S/C14H12Cl2N2O4/c1-7-13(8(2)22-18-7)14(20)21-6-12(19)17-11-4-9(15)3-10(16)5-11/h3-5H,6H2,1-2H3,(H,17,19). The van der Waals surface area contributed by atoms with E-state index in [0.29, 0.717) is 27.2 Å². The molecule has 1 aromatic heterocycles. The van der Waals surface area contributed by atoms with Crippen LogP contribution in [-0.2, 0) is 9.53 Å². The lowest BCUT2D eigenvalue weighted by Crippen LogP contribution is -2.21. The number of anilines is 1. The van der Waals surface area contributed by atoms with Gasteiger partial charge in [0.2, 0.25) is 0 Å². The lowest BCUT2D eigenvalue weighted by atomic mass is 10.2. The molecule has 0 saturated carbocycles. The number of hydrogen-bond acceptors (Lipinski definition) is 5. The fraction of sp³-hybridized carbons (Fsp3) is 0.214. The Morgan fingerprint density at radius 3 is 2.41 bits per heavy atom. The summed E-state index contributed by atoms with van der Waals surface area (Å²) in [6.07, 6.45) is 0. The van der Waals surface area contributed by atoms with E-state index in [0.717, 1.165) is 0 Å². The van der Waals surface area contributed by atoms with Crippen LogP contribution in [0.25, 0.3) is 0 Å². The fourth-order valence-electron chi connectivity index (χ4n) is 1.80. The van der Waals surface area contributed by atoms with Gasteiger partial charge in [0.15, 0.2) is 6.61 Å². The van der Waals surface area contributed by atoms with Crippen LogP contribution in [0.15, 0.2) is 22.7 Å². The third-order valence-corrected chi connectivity index (χ3v) is 3.15. The summed E-state index contributed by atoms with van der Waals surface area (Å²) in [5, 5.41) is 6.94. The van der Waals surface area contributed by atoms with Crippen LogP contribution in [0.1, 0.15) is 21.8 Å². The normalized spacial score (nSPS) is 10.4. The molecule has 0 aliphatic rings. The van der Waals surface area contributed by atoms with Gasteiger partial charge in [-0.15, -0.1) is 0 Å². The van der Waals surface area contributed by atoms with Gasteiger partial charge in [-0.2, -0.15) is 0 Å². The summed E-state index contributed by atoms with van der Waals surface area (Å²) in [4.78, 5) is 23.6. The number of ether oxygens (including phenoxy) is 1. The average molecular weight is 343 g/mol. The smallest absolute Gasteiger partial charge is 0.344 e. The lowest BCUT2D eigenvalue weighted by Gasteiger charge is -2.07. The molecule has 0 atom stereocenters. The Labute approximate surface area is 136 Å². The van der Waals surface area contributed by atoms with Crippen molar-refractivity contribution in [1.29, 1.82) is 0 Å². The minimum absolute atomic E-state index is 0.221. The van der Waals surface area contributed by atoms with Crippen LogP contribution in [0.3, 0.4) is 0 Å². The van der Waals surface area contributed by atoms with Crippen molar-refractivity contribution < 1.29 is 18.8 Å². The number of carbonyl (C=O) groups is 2. The van der Waals surface area contributed by atoms with E-state index in [1.54, 1.807) is 13.8 Å². The second-order valence-electron chi connectivity index (χ2n) is 4.48. The molecule has 0 unspecified atom stereocenters. The zero-order valence-corrected chi connectivity index (χ0v) is 13.3. The first kappa shape index (κ1) is 16.3. The molecule has 0 aliphatic heterocycles. The van der Waals surface area contributed by atoms with E-state index >= 15 is 0 Å². The number of esters is 1. The molecule has 0 radical (unpaired) electrons. The van der Waals surface area contributed by atoms with Gasteiger partial charge >= 0.3 is 5.97 Å². The monoisotopic (exact) mass is 342 g/mol. The number of benzene rings is 1. The van der Waals surface area contributed by atoms with Gasteiger partial charge in [0.25, 0.3) is 5.91 Å². The summed E-state index contributed by atoms with van der Waals surface area (Å²) < 4.78 is 9.79. The summed E-state index contributed by atoms with van der Waals surface area (Å²) in [7, 11) is 0. The number of aromatic nitrogens is 1. The van der Waals surface area contributed by atoms with Crippen molar-refractivity contribution in [3.63, 3.8) is 0 Å². The molecule has 1 aromatic carbocycles. The van der Waals surface area contributed by atoms with E-state index in [1.807, 2.05) is 0 Å². The first-order valence-electron chi connectivity index (χ1n) is 6.22. The first-order valence-corrected chi connectivity index (χ1v) is 6.98. The molecule has 0 bridgehead atoms. The molecule has 8 heteroatoms. The van der Waals surface area contributed by atoms with Crippen LogP contribution < -0.4 is 5.32 Å². The Hall–Kier alpha value is -2.05. The molecule has 2 aromatic rings. The van der Waals surface area contributed by atoms with E-state index in [-0.39, 0.29) is 5.56 Å². The van der Waals surface area contributed by atoms with Crippen LogP contribution in [0, 0.1) is 13.8 Å². The maximum absolute atomic E-state index is 11.9. The lowest BCUT2D eigenvalue weighted by molar-refractivity contribution is -0.119. The molecule has 1 N–H and O–H groups in total. The Morgan fingerprint density at radius 1 is 1.23 bits per heavy atom. The molecule has 1 heterocycles. The Morgan fingerprint density at radius 2 is 1.86 bits per heavy atom. The van der Waals surface area contributed by atoms with Crippen LogP contribution in [-0.4, -0.2) is 23.6 Å². The van der Waals surface area contributed by atoms with Crippen molar-refractivity contribution in [3.05, 3.63) is 45.3 Å². The first-order chi connectivity index (χ1) is 10.4. The number of amides is 1. The second kappa shape index (κ2) is 6.81. The number of nitrogens with zero attached hydrogens (tertiary/aromatic N) is 1. The van der Waals surface area contributed by atoms with Crippen molar-refractivity contribution in [2.45, 2.75) is 13.8 Å². The summed E-state index contributed by atoms with van der Waals surface area (Å²) in [5.41, 5.74) is 1.04. The van der Waals surface area contributed by atoms with E-state index in [2.05, 4.69) is 10.5 Å². The maximum atomic E-state index is 11.9. The predicted octanol–water partition coefficient (Wildman–Crippen LogP) is 3.39. The highest BCUT2D eigenvalue weighted by molar-refractivity contribution is 6.35. The van der Waals surface area contributed by atoms with Gasteiger partial charge in [-0.3, -0.25) is 4.79 Å². The van der Waals surface area contributed by atoms with Crippen molar-refractivity contribution in [1.82, 2.24) is 5.16 Å². The maximum Gasteiger partial charge on any atom is 0.344 e. The van der Waals surface area contributed by atoms with Gasteiger partial charge in [-0.1, -0.05) is 28.4 Å². The van der Waals surface area contributed by atoms with Crippen molar-refractivity contribution in [3.8, 4) is 0 Å². The largest absolute Gasteiger partial charge is 0.452 e. The molecule has 1 amide bonds. The molecule has 116 valence electrons. The quantitative estimate of drug-likeness (QED) is 0.861. The van der Waals surface area contributed by atoms with Crippen molar-refractivity contribution in [2.75, 3.05) is 11.9 Å². The topological polar surface area (TPSA) is 81.4 Å². The van der Waals surface area contributed by atoms with Crippen molar-refractivity contribution in [2.24, 2.45) is 0 Å². The minimum atomic E-state index is -0.671.